The van der Waals surface area contributed by atoms with Crippen molar-refractivity contribution in [1.82, 2.24) is 10.2 Å². The van der Waals surface area contributed by atoms with Crippen molar-refractivity contribution in [3.05, 3.63) is 16.3 Å². The Hall–Kier alpha value is -0.910. The van der Waals surface area contributed by atoms with E-state index >= 15 is 0 Å². The summed E-state index contributed by atoms with van der Waals surface area (Å²) < 4.78 is 5.41. The van der Waals surface area contributed by atoms with E-state index in [0.29, 0.717) is 18.4 Å². The molecule has 1 saturated carbocycles. The van der Waals surface area contributed by atoms with Crippen LogP contribution in [0.5, 0.6) is 0 Å². The van der Waals surface area contributed by atoms with Gasteiger partial charge in [0, 0.05) is 11.1 Å². The number of halogens is 1. The second-order valence-corrected chi connectivity index (χ2v) is 5.56. The monoisotopic (exact) mass is 283 g/mol. The van der Waals surface area contributed by atoms with E-state index in [9.17, 15) is 5.11 Å². The topological polar surface area (TPSA) is 67.3 Å². The molecule has 0 bridgehead atoms. The van der Waals surface area contributed by atoms with E-state index < -0.39 is 0 Å². The van der Waals surface area contributed by atoms with Gasteiger partial charge in [-0.2, -0.15) is 0 Å². The molecule has 2 aliphatic rings. The molecule has 1 aliphatic heterocycles. The molecule has 5 nitrogen and oxygen atoms in total. The Labute approximate surface area is 117 Å². The van der Waals surface area contributed by atoms with Gasteiger partial charge in [-0.15, -0.1) is 10.2 Å². The molecule has 0 spiro atoms. The van der Waals surface area contributed by atoms with Gasteiger partial charge in [-0.1, -0.05) is 24.4 Å². The molecule has 0 saturated heterocycles. The fourth-order valence-corrected chi connectivity index (χ4v) is 3.02. The second-order valence-electron chi connectivity index (χ2n) is 5.20. The predicted molar refractivity (Wildman–Crippen MR) is 72.3 cm³/mol. The smallest absolute Gasteiger partial charge is 0.157 e. The fourth-order valence-electron chi connectivity index (χ4n) is 2.82. The van der Waals surface area contributed by atoms with Crippen LogP contribution in [0, 0.1) is 0 Å². The number of nitrogens with zero attached hydrogens (tertiary/aromatic N) is 2. The zero-order valence-corrected chi connectivity index (χ0v) is 11.5. The third kappa shape index (κ3) is 2.68. The third-order valence-electron chi connectivity index (χ3n) is 3.93. The van der Waals surface area contributed by atoms with Gasteiger partial charge in [0.25, 0.3) is 0 Å². The highest BCUT2D eigenvalue weighted by Gasteiger charge is 2.26. The van der Waals surface area contributed by atoms with Crippen molar-refractivity contribution in [2.75, 3.05) is 11.9 Å². The van der Waals surface area contributed by atoms with Crippen LogP contribution < -0.4 is 5.32 Å². The van der Waals surface area contributed by atoms with Crippen molar-refractivity contribution >= 4 is 17.4 Å². The number of ether oxygens (including phenoxy) is 1. The first-order chi connectivity index (χ1) is 9.25. The molecular weight excluding hydrogens is 266 g/mol. The molecule has 2 N–H and O–H groups in total. The summed E-state index contributed by atoms with van der Waals surface area (Å²) in [5, 5.41) is 21.9. The average Bonchev–Trinajstić information content (AvgIpc) is 2.44. The maximum atomic E-state index is 10.0. The molecule has 1 aromatic rings. The largest absolute Gasteiger partial charge is 0.391 e. The van der Waals surface area contributed by atoms with Gasteiger partial charge < -0.3 is 15.2 Å². The molecule has 1 fully saturated rings. The number of hydrogen-bond acceptors (Lipinski definition) is 5. The number of fused-ring (bicyclic) bond motifs is 1. The number of hydrogen-bond donors (Lipinski definition) is 2. The summed E-state index contributed by atoms with van der Waals surface area (Å²) in [5.41, 5.74) is 2.01. The highest BCUT2D eigenvalue weighted by atomic mass is 35.5. The van der Waals surface area contributed by atoms with Crippen LogP contribution in [-0.2, 0) is 17.8 Å². The number of anilines is 1. The van der Waals surface area contributed by atoms with Crippen LogP contribution in [0.15, 0.2) is 0 Å². The first kappa shape index (κ1) is 13.1. The molecule has 6 heteroatoms. The summed E-state index contributed by atoms with van der Waals surface area (Å²) in [7, 11) is 0. The van der Waals surface area contributed by atoms with Crippen LogP contribution in [0.2, 0.25) is 5.15 Å². The van der Waals surface area contributed by atoms with Crippen LogP contribution in [0.1, 0.15) is 36.8 Å². The molecule has 0 aromatic carbocycles. The van der Waals surface area contributed by atoms with Gasteiger partial charge in [-0.25, -0.2) is 0 Å². The highest BCUT2D eigenvalue weighted by Crippen LogP contribution is 2.29. The minimum absolute atomic E-state index is 0.0659. The highest BCUT2D eigenvalue weighted by molar-refractivity contribution is 6.30. The van der Waals surface area contributed by atoms with E-state index in [4.69, 9.17) is 16.3 Å². The summed E-state index contributed by atoms with van der Waals surface area (Å²) >= 11 is 6.05. The Morgan fingerprint density at radius 3 is 2.89 bits per heavy atom. The molecule has 104 valence electrons. The Balaban J connectivity index is 1.84. The minimum Gasteiger partial charge on any atom is -0.391 e. The van der Waals surface area contributed by atoms with Crippen molar-refractivity contribution in [2.45, 2.75) is 50.9 Å². The molecule has 1 aromatic heterocycles. The van der Waals surface area contributed by atoms with Gasteiger partial charge in [0.1, 0.15) is 0 Å². The van der Waals surface area contributed by atoms with E-state index in [0.717, 1.165) is 49.0 Å². The zero-order valence-electron chi connectivity index (χ0n) is 10.7. The molecule has 1 aliphatic carbocycles. The molecule has 0 unspecified atom stereocenters. The second kappa shape index (κ2) is 5.61. The third-order valence-corrected chi connectivity index (χ3v) is 4.24. The predicted octanol–water partition coefficient (Wildman–Crippen LogP) is 1.92. The SMILES string of the molecule is O[C@H]1CCCC[C@@H]1Nc1nnc(Cl)c2c1CCOC2. The molecule has 0 amide bonds. The Morgan fingerprint density at radius 1 is 1.21 bits per heavy atom. The lowest BCUT2D eigenvalue weighted by molar-refractivity contribution is 0.109. The summed E-state index contributed by atoms with van der Waals surface area (Å²) in [6, 6.07) is 0.0659. The summed E-state index contributed by atoms with van der Waals surface area (Å²) in [5.74, 6) is 0.758. The van der Waals surface area contributed by atoms with Crippen LogP contribution in [0.25, 0.3) is 0 Å². The molecule has 2 atom stereocenters. The fraction of sp³-hybridized carbons (Fsp3) is 0.692. The molecule has 19 heavy (non-hydrogen) atoms. The van der Waals surface area contributed by atoms with E-state index in [-0.39, 0.29) is 12.1 Å². The van der Waals surface area contributed by atoms with Gasteiger partial charge in [-0.3, -0.25) is 0 Å². The van der Waals surface area contributed by atoms with Gasteiger partial charge in [0.05, 0.1) is 25.4 Å². The lowest BCUT2D eigenvalue weighted by Crippen LogP contribution is -2.37. The minimum atomic E-state index is -0.304. The van der Waals surface area contributed by atoms with Gasteiger partial charge >= 0.3 is 0 Å². The molecule has 3 rings (SSSR count). The number of aliphatic hydroxyl groups excluding tert-OH is 1. The Bertz CT molecular complexity index is 469. The van der Waals surface area contributed by atoms with Gasteiger partial charge in [0.2, 0.25) is 0 Å². The van der Waals surface area contributed by atoms with Crippen LogP contribution >= 0.6 is 11.6 Å². The number of rotatable bonds is 2. The van der Waals surface area contributed by atoms with Gasteiger partial charge in [-0.05, 0) is 19.3 Å². The summed E-state index contributed by atoms with van der Waals surface area (Å²) in [6.07, 6.45) is 4.54. The zero-order chi connectivity index (χ0) is 13.2. The van der Waals surface area contributed by atoms with E-state index in [1.165, 1.54) is 0 Å². The quantitative estimate of drug-likeness (QED) is 0.868. The molecule has 0 radical (unpaired) electrons. The Kier molecular flexibility index (Phi) is 3.86. The Morgan fingerprint density at radius 2 is 2.05 bits per heavy atom. The summed E-state index contributed by atoms with van der Waals surface area (Å²) in [6.45, 7) is 1.17. The lowest BCUT2D eigenvalue weighted by Gasteiger charge is -2.30. The molecule has 2 heterocycles. The lowest BCUT2D eigenvalue weighted by atomic mass is 9.92. The number of nitrogens with one attached hydrogen (secondary N) is 1. The number of aromatic nitrogens is 2. The van der Waals surface area contributed by atoms with Gasteiger partial charge in [0.15, 0.2) is 11.0 Å². The van der Waals surface area contributed by atoms with Crippen LogP contribution in [0.3, 0.4) is 0 Å². The van der Waals surface area contributed by atoms with Crippen molar-refractivity contribution in [3.63, 3.8) is 0 Å². The van der Waals surface area contributed by atoms with Crippen molar-refractivity contribution in [3.8, 4) is 0 Å². The molecular formula is C13H18ClN3O2. The first-order valence-electron chi connectivity index (χ1n) is 6.82. The standard InChI is InChI=1S/C13H18ClN3O2/c14-12-9-7-19-6-5-8(9)13(17-16-12)15-10-3-1-2-4-11(10)18/h10-11,18H,1-7H2,(H,15,17)/t10-,11-/m0/s1. The van der Waals surface area contributed by atoms with Crippen molar-refractivity contribution < 1.29 is 9.84 Å². The summed E-state index contributed by atoms with van der Waals surface area (Å²) in [4.78, 5) is 0. The maximum absolute atomic E-state index is 10.0. The van der Waals surface area contributed by atoms with E-state index in [2.05, 4.69) is 15.5 Å². The van der Waals surface area contributed by atoms with Crippen molar-refractivity contribution in [1.29, 1.82) is 0 Å². The number of aliphatic hydroxyl groups is 1. The maximum Gasteiger partial charge on any atom is 0.157 e. The first-order valence-corrected chi connectivity index (χ1v) is 7.20. The van der Waals surface area contributed by atoms with Crippen LogP contribution in [0.4, 0.5) is 5.82 Å². The van der Waals surface area contributed by atoms with Crippen molar-refractivity contribution in [2.24, 2.45) is 0 Å². The average molecular weight is 284 g/mol. The van der Waals surface area contributed by atoms with Crippen LogP contribution in [-0.4, -0.2) is 34.1 Å². The van der Waals surface area contributed by atoms with E-state index in [1.807, 2.05) is 0 Å². The van der Waals surface area contributed by atoms with E-state index in [1.54, 1.807) is 0 Å². The normalized spacial score (nSPS) is 26.8.